The fraction of sp³-hybridized carbons (Fsp3) is 0.700. The van der Waals surface area contributed by atoms with Crippen LogP contribution in [0.2, 0.25) is 0 Å². The maximum absolute atomic E-state index is 12.3. The summed E-state index contributed by atoms with van der Waals surface area (Å²) < 4.78 is 36.9. The number of hydrogen-bond donors (Lipinski definition) is 2. The van der Waals surface area contributed by atoms with Gasteiger partial charge in [-0.25, -0.2) is 4.98 Å². The minimum Gasteiger partial charge on any atom is -0.346 e. The van der Waals surface area contributed by atoms with Gasteiger partial charge in [-0.15, -0.1) is 5.10 Å². The van der Waals surface area contributed by atoms with Crippen molar-refractivity contribution < 1.29 is 18.0 Å². The Balaban J connectivity index is 1.98. The third kappa shape index (κ3) is 2.62. The summed E-state index contributed by atoms with van der Waals surface area (Å²) in [5.74, 6) is -1.37. The first-order valence-electron chi connectivity index (χ1n) is 5.68. The number of H-pyrrole nitrogens is 1. The van der Waals surface area contributed by atoms with Crippen LogP contribution >= 0.6 is 0 Å². The first-order valence-corrected chi connectivity index (χ1v) is 5.68. The molecule has 2 rings (SSSR count). The summed E-state index contributed by atoms with van der Waals surface area (Å²) >= 11 is 0. The van der Waals surface area contributed by atoms with E-state index in [0.717, 1.165) is 19.3 Å². The van der Waals surface area contributed by atoms with E-state index in [1.807, 2.05) is 0 Å². The van der Waals surface area contributed by atoms with Gasteiger partial charge >= 0.3 is 6.18 Å². The number of nitrogens with one attached hydrogen (secondary N) is 2. The summed E-state index contributed by atoms with van der Waals surface area (Å²) in [6, 6.07) is -0.610. The van der Waals surface area contributed by atoms with Crippen molar-refractivity contribution in [2.24, 2.45) is 5.92 Å². The maximum Gasteiger partial charge on any atom is 0.453 e. The van der Waals surface area contributed by atoms with Crippen LogP contribution in [0.5, 0.6) is 0 Å². The molecule has 5 nitrogen and oxygen atoms in total. The fourth-order valence-electron chi connectivity index (χ4n) is 1.66. The molecule has 1 amide bonds. The van der Waals surface area contributed by atoms with E-state index in [1.165, 1.54) is 0 Å². The molecule has 1 atom stereocenters. The zero-order valence-electron chi connectivity index (χ0n) is 9.71. The normalized spacial score (nSPS) is 18.2. The minimum atomic E-state index is -4.58. The number of nitrogens with zero attached hydrogens (tertiary/aromatic N) is 2. The maximum atomic E-state index is 12.3. The zero-order chi connectivity index (χ0) is 13.3. The molecule has 0 aliphatic heterocycles. The van der Waals surface area contributed by atoms with Gasteiger partial charge in [0.2, 0.25) is 5.91 Å². The summed E-state index contributed by atoms with van der Waals surface area (Å²) in [5, 5.41) is 7.90. The monoisotopic (exact) mass is 262 g/mol. The van der Waals surface area contributed by atoms with Crippen molar-refractivity contribution in [3.05, 3.63) is 11.6 Å². The fourth-order valence-corrected chi connectivity index (χ4v) is 1.66. The standard InChI is InChI=1S/C10H13F3N4O/c1-5(14-8(18)6-3-2-4-6)7-15-9(17-16-7)10(11,12)13/h5-6H,2-4H2,1H3,(H,14,18)(H,15,16,17). The van der Waals surface area contributed by atoms with Crippen molar-refractivity contribution in [2.75, 3.05) is 0 Å². The lowest BCUT2D eigenvalue weighted by molar-refractivity contribution is -0.144. The molecular weight excluding hydrogens is 249 g/mol. The van der Waals surface area contributed by atoms with Gasteiger partial charge in [0.1, 0.15) is 5.82 Å². The molecule has 1 fully saturated rings. The number of halogens is 3. The van der Waals surface area contributed by atoms with Crippen LogP contribution < -0.4 is 5.32 Å². The molecule has 1 aromatic rings. The van der Waals surface area contributed by atoms with Crippen molar-refractivity contribution in [3.8, 4) is 0 Å². The quantitative estimate of drug-likeness (QED) is 0.872. The lowest BCUT2D eigenvalue weighted by Crippen LogP contribution is -2.36. The Bertz CT molecular complexity index is 439. The average Bonchev–Trinajstić information content (AvgIpc) is 2.61. The smallest absolute Gasteiger partial charge is 0.346 e. The Kier molecular flexibility index (Phi) is 3.27. The number of amides is 1. The van der Waals surface area contributed by atoms with Crippen LogP contribution in [0.1, 0.15) is 43.9 Å². The van der Waals surface area contributed by atoms with Gasteiger partial charge in [-0.05, 0) is 19.8 Å². The molecule has 1 aliphatic carbocycles. The third-order valence-corrected chi connectivity index (χ3v) is 3.00. The van der Waals surface area contributed by atoms with Gasteiger partial charge in [-0.2, -0.15) is 13.2 Å². The molecule has 2 N–H and O–H groups in total. The van der Waals surface area contributed by atoms with Crippen LogP contribution in [-0.4, -0.2) is 21.1 Å². The highest BCUT2D eigenvalue weighted by Gasteiger charge is 2.36. The van der Waals surface area contributed by atoms with Crippen molar-refractivity contribution in [1.29, 1.82) is 0 Å². The number of aromatic amines is 1. The average molecular weight is 262 g/mol. The predicted molar refractivity (Wildman–Crippen MR) is 55.3 cm³/mol. The molecule has 0 bridgehead atoms. The van der Waals surface area contributed by atoms with Crippen LogP contribution in [-0.2, 0) is 11.0 Å². The van der Waals surface area contributed by atoms with Crippen LogP contribution in [0.15, 0.2) is 0 Å². The van der Waals surface area contributed by atoms with Gasteiger partial charge < -0.3 is 5.32 Å². The van der Waals surface area contributed by atoms with E-state index in [-0.39, 0.29) is 17.6 Å². The number of alkyl halides is 3. The molecule has 1 heterocycles. The largest absolute Gasteiger partial charge is 0.453 e. The Hall–Kier alpha value is -1.60. The highest BCUT2D eigenvalue weighted by molar-refractivity contribution is 5.79. The van der Waals surface area contributed by atoms with Crippen molar-refractivity contribution >= 4 is 5.91 Å². The summed E-state index contributed by atoms with van der Waals surface area (Å²) in [6.45, 7) is 1.57. The molecule has 1 aromatic heterocycles. The minimum absolute atomic E-state index is 0.00926. The lowest BCUT2D eigenvalue weighted by atomic mass is 9.84. The molecule has 0 saturated heterocycles. The summed E-state index contributed by atoms with van der Waals surface area (Å²) in [4.78, 5) is 14.9. The van der Waals surface area contributed by atoms with Crippen LogP contribution in [0.3, 0.4) is 0 Å². The van der Waals surface area contributed by atoms with Gasteiger partial charge in [0.15, 0.2) is 0 Å². The van der Waals surface area contributed by atoms with E-state index >= 15 is 0 Å². The van der Waals surface area contributed by atoms with E-state index in [1.54, 1.807) is 6.92 Å². The zero-order valence-corrected chi connectivity index (χ0v) is 9.71. The second-order valence-corrected chi connectivity index (χ2v) is 4.40. The Morgan fingerprint density at radius 2 is 2.17 bits per heavy atom. The molecule has 18 heavy (non-hydrogen) atoms. The molecule has 0 aromatic carbocycles. The number of carbonyl (C=O) groups excluding carboxylic acids is 1. The van der Waals surface area contributed by atoms with E-state index in [0.29, 0.717) is 0 Å². The van der Waals surface area contributed by atoms with Crippen LogP contribution in [0.4, 0.5) is 13.2 Å². The molecule has 0 spiro atoms. The summed E-state index contributed by atoms with van der Waals surface area (Å²) in [6.07, 6.45) is -1.88. The first kappa shape index (κ1) is 12.8. The Labute approximate surface area is 101 Å². The van der Waals surface area contributed by atoms with E-state index in [2.05, 4.69) is 20.5 Å². The lowest BCUT2D eigenvalue weighted by Gasteiger charge is -2.25. The van der Waals surface area contributed by atoms with Crippen LogP contribution in [0.25, 0.3) is 0 Å². The molecule has 1 saturated carbocycles. The third-order valence-electron chi connectivity index (χ3n) is 3.00. The second-order valence-electron chi connectivity index (χ2n) is 4.40. The highest BCUT2D eigenvalue weighted by atomic mass is 19.4. The topological polar surface area (TPSA) is 70.7 Å². The first-order chi connectivity index (χ1) is 8.38. The molecular formula is C10H13F3N4O. The molecule has 8 heteroatoms. The summed E-state index contributed by atoms with van der Waals surface area (Å²) in [5.41, 5.74) is 0. The van der Waals surface area contributed by atoms with Crippen LogP contribution in [0, 0.1) is 5.92 Å². The number of rotatable bonds is 3. The highest BCUT2D eigenvalue weighted by Crippen LogP contribution is 2.28. The number of hydrogen-bond acceptors (Lipinski definition) is 3. The van der Waals surface area contributed by atoms with E-state index in [9.17, 15) is 18.0 Å². The van der Waals surface area contributed by atoms with Crippen molar-refractivity contribution in [3.63, 3.8) is 0 Å². The van der Waals surface area contributed by atoms with E-state index < -0.39 is 18.0 Å². The second kappa shape index (κ2) is 4.58. The van der Waals surface area contributed by atoms with Gasteiger partial charge in [0.25, 0.3) is 5.82 Å². The number of carbonyl (C=O) groups is 1. The predicted octanol–water partition coefficient (Wildman–Crippen LogP) is 1.80. The van der Waals surface area contributed by atoms with E-state index in [4.69, 9.17) is 0 Å². The Morgan fingerprint density at radius 3 is 2.61 bits per heavy atom. The number of aromatic nitrogens is 3. The van der Waals surface area contributed by atoms with Gasteiger partial charge in [-0.3, -0.25) is 9.89 Å². The van der Waals surface area contributed by atoms with Gasteiger partial charge in [0.05, 0.1) is 6.04 Å². The van der Waals surface area contributed by atoms with Gasteiger partial charge in [-0.1, -0.05) is 6.42 Å². The molecule has 0 radical (unpaired) electrons. The molecule has 1 aliphatic rings. The van der Waals surface area contributed by atoms with Crippen molar-refractivity contribution in [2.45, 2.75) is 38.4 Å². The van der Waals surface area contributed by atoms with Crippen molar-refractivity contribution in [1.82, 2.24) is 20.5 Å². The molecule has 1 unspecified atom stereocenters. The SMILES string of the molecule is CC(NC(=O)C1CCC1)c1nc(C(F)(F)F)n[nH]1. The molecule has 100 valence electrons. The summed E-state index contributed by atoms with van der Waals surface area (Å²) in [7, 11) is 0. The Morgan fingerprint density at radius 1 is 1.50 bits per heavy atom. The van der Waals surface area contributed by atoms with Gasteiger partial charge in [0, 0.05) is 5.92 Å².